The lowest BCUT2D eigenvalue weighted by molar-refractivity contribution is 0.343. The lowest BCUT2D eigenvalue weighted by atomic mass is 10.2. The SMILES string of the molecule is CC(c1ccccc1)S(=O)(=O)N1CCCCC1. The summed E-state index contributed by atoms with van der Waals surface area (Å²) in [5, 5.41) is -0.443. The van der Waals surface area contributed by atoms with E-state index in [9.17, 15) is 8.42 Å². The molecule has 1 aliphatic heterocycles. The number of sulfonamides is 1. The lowest BCUT2D eigenvalue weighted by Gasteiger charge is -2.28. The average molecular weight is 253 g/mol. The van der Waals surface area contributed by atoms with Crippen molar-refractivity contribution in [2.24, 2.45) is 0 Å². The van der Waals surface area contributed by atoms with E-state index in [1.807, 2.05) is 30.3 Å². The molecule has 1 aromatic rings. The van der Waals surface area contributed by atoms with Crippen molar-refractivity contribution < 1.29 is 8.42 Å². The van der Waals surface area contributed by atoms with Gasteiger partial charge in [0.05, 0.1) is 5.25 Å². The van der Waals surface area contributed by atoms with Gasteiger partial charge in [-0.15, -0.1) is 0 Å². The molecule has 17 heavy (non-hydrogen) atoms. The van der Waals surface area contributed by atoms with Crippen molar-refractivity contribution in [1.82, 2.24) is 4.31 Å². The molecule has 1 saturated heterocycles. The van der Waals surface area contributed by atoms with Crippen LogP contribution in [0.1, 0.15) is 37.0 Å². The Hall–Kier alpha value is -0.870. The van der Waals surface area contributed by atoms with Crippen LogP contribution in [0.25, 0.3) is 0 Å². The Labute approximate surface area is 104 Å². The van der Waals surface area contributed by atoms with E-state index in [1.54, 1.807) is 11.2 Å². The molecule has 1 aromatic carbocycles. The normalized spacial score (nSPS) is 20.1. The molecule has 94 valence electrons. The van der Waals surface area contributed by atoms with Crippen molar-refractivity contribution in [2.45, 2.75) is 31.4 Å². The van der Waals surface area contributed by atoms with Crippen LogP contribution in [0.3, 0.4) is 0 Å². The van der Waals surface area contributed by atoms with Crippen LogP contribution in [0.2, 0.25) is 0 Å². The molecular formula is C13H19NO2S. The second kappa shape index (κ2) is 5.19. The Morgan fingerprint density at radius 1 is 1.06 bits per heavy atom. The molecule has 0 saturated carbocycles. The van der Waals surface area contributed by atoms with E-state index in [0.717, 1.165) is 24.8 Å². The highest BCUT2D eigenvalue weighted by Crippen LogP contribution is 2.26. The first kappa shape index (κ1) is 12.6. The van der Waals surface area contributed by atoms with Gasteiger partial charge >= 0.3 is 0 Å². The van der Waals surface area contributed by atoms with Gasteiger partial charge in [0, 0.05) is 13.1 Å². The van der Waals surface area contributed by atoms with Gasteiger partial charge in [0.2, 0.25) is 10.0 Å². The summed E-state index contributed by atoms with van der Waals surface area (Å²) in [6.45, 7) is 3.14. The fourth-order valence-electron chi connectivity index (χ4n) is 2.24. The number of hydrogen-bond donors (Lipinski definition) is 0. The van der Waals surface area contributed by atoms with Crippen LogP contribution >= 0.6 is 0 Å². The molecule has 1 unspecified atom stereocenters. The van der Waals surface area contributed by atoms with Crippen molar-refractivity contribution in [3.8, 4) is 0 Å². The Morgan fingerprint density at radius 3 is 2.24 bits per heavy atom. The van der Waals surface area contributed by atoms with Gasteiger partial charge < -0.3 is 0 Å². The fraction of sp³-hybridized carbons (Fsp3) is 0.538. The number of piperidine rings is 1. The monoisotopic (exact) mass is 253 g/mol. The first-order valence-electron chi connectivity index (χ1n) is 6.16. The van der Waals surface area contributed by atoms with E-state index in [4.69, 9.17) is 0 Å². The van der Waals surface area contributed by atoms with E-state index < -0.39 is 15.3 Å². The van der Waals surface area contributed by atoms with Crippen LogP contribution < -0.4 is 0 Å². The van der Waals surface area contributed by atoms with Gasteiger partial charge in [-0.1, -0.05) is 36.8 Å². The van der Waals surface area contributed by atoms with Gasteiger partial charge in [-0.3, -0.25) is 0 Å². The second-order valence-corrected chi connectivity index (χ2v) is 6.81. The third kappa shape index (κ3) is 2.69. The fourth-order valence-corrected chi connectivity index (χ4v) is 3.95. The molecule has 0 amide bonds. The van der Waals surface area contributed by atoms with Crippen LogP contribution in [0, 0.1) is 0 Å². The van der Waals surface area contributed by atoms with E-state index in [2.05, 4.69) is 0 Å². The molecule has 3 nitrogen and oxygen atoms in total. The number of nitrogens with zero attached hydrogens (tertiary/aromatic N) is 1. The molecular weight excluding hydrogens is 234 g/mol. The minimum absolute atomic E-state index is 0.443. The van der Waals surface area contributed by atoms with Crippen molar-refractivity contribution in [3.63, 3.8) is 0 Å². The Bertz CT molecular complexity index is 450. The predicted octanol–water partition coefficient (Wildman–Crippen LogP) is 2.56. The van der Waals surface area contributed by atoms with Gasteiger partial charge in [-0.25, -0.2) is 12.7 Å². The summed E-state index contributed by atoms with van der Waals surface area (Å²) >= 11 is 0. The molecule has 2 rings (SSSR count). The molecule has 1 heterocycles. The summed E-state index contributed by atoms with van der Waals surface area (Å²) in [5.41, 5.74) is 0.873. The van der Waals surface area contributed by atoms with Gasteiger partial charge in [0.25, 0.3) is 0 Å². The molecule has 1 aliphatic rings. The lowest BCUT2D eigenvalue weighted by Crippen LogP contribution is -2.37. The molecule has 0 N–H and O–H groups in total. The third-order valence-corrected chi connectivity index (χ3v) is 5.64. The minimum atomic E-state index is -3.18. The van der Waals surface area contributed by atoms with Gasteiger partial charge in [-0.2, -0.15) is 0 Å². The molecule has 0 aromatic heterocycles. The highest BCUT2D eigenvalue weighted by Gasteiger charge is 2.30. The summed E-state index contributed by atoms with van der Waals surface area (Å²) in [7, 11) is -3.18. The maximum absolute atomic E-state index is 12.4. The summed E-state index contributed by atoms with van der Waals surface area (Å²) < 4.78 is 26.5. The first-order chi connectivity index (χ1) is 8.12. The Kier molecular flexibility index (Phi) is 3.84. The molecule has 1 fully saturated rings. The van der Waals surface area contributed by atoms with Crippen LogP contribution in [0.5, 0.6) is 0 Å². The number of hydrogen-bond acceptors (Lipinski definition) is 2. The van der Waals surface area contributed by atoms with Crippen LogP contribution in [-0.4, -0.2) is 25.8 Å². The summed E-state index contributed by atoms with van der Waals surface area (Å²) in [5.74, 6) is 0. The number of rotatable bonds is 3. The standard InChI is InChI=1S/C13H19NO2S/c1-12(13-8-4-2-5-9-13)17(15,16)14-10-6-3-7-11-14/h2,4-5,8-9,12H,3,6-7,10-11H2,1H3. The van der Waals surface area contributed by atoms with E-state index in [-0.39, 0.29) is 0 Å². The van der Waals surface area contributed by atoms with Crippen LogP contribution in [0.4, 0.5) is 0 Å². The second-order valence-electron chi connectivity index (χ2n) is 4.56. The smallest absolute Gasteiger partial charge is 0.212 e. The van der Waals surface area contributed by atoms with Crippen molar-refractivity contribution in [1.29, 1.82) is 0 Å². The topological polar surface area (TPSA) is 37.4 Å². The van der Waals surface area contributed by atoms with Crippen molar-refractivity contribution in [2.75, 3.05) is 13.1 Å². The Morgan fingerprint density at radius 2 is 1.65 bits per heavy atom. The summed E-state index contributed by atoms with van der Waals surface area (Å²) in [6, 6.07) is 9.44. The predicted molar refractivity (Wildman–Crippen MR) is 69.2 cm³/mol. The maximum Gasteiger partial charge on any atom is 0.220 e. The van der Waals surface area contributed by atoms with E-state index in [1.165, 1.54) is 0 Å². The van der Waals surface area contributed by atoms with Gasteiger partial charge in [-0.05, 0) is 25.3 Å². The highest BCUT2D eigenvalue weighted by molar-refractivity contribution is 7.89. The quantitative estimate of drug-likeness (QED) is 0.830. The molecule has 1 atom stereocenters. The van der Waals surface area contributed by atoms with Crippen molar-refractivity contribution >= 4 is 10.0 Å². The van der Waals surface area contributed by atoms with Gasteiger partial charge in [0.1, 0.15) is 0 Å². The van der Waals surface area contributed by atoms with Crippen LogP contribution in [-0.2, 0) is 10.0 Å². The average Bonchev–Trinajstić information content (AvgIpc) is 2.40. The largest absolute Gasteiger partial charge is 0.220 e. The summed E-state index contributed by atoms with van der Waals surface area (Å²) in [4.78, 5) is 0. The third-order valence-electron chi connectivity index (χ3n) is 3.39. The zero-order valence-electron chi connectivity index (χ0n) is 10.2. The Balaban J connectivity index is 2.20. The molecule has 0 aliphatic carbocycles. The minimum Gasteiger partial charge on any atom is -0.212 e. The highest BCUT2D eigenvalue weighted by atomic mass is 32.2. The van der Waals surface area contributed by atoms with Crippen molar-refractivity contribution in [3.05, 3.63) is 35.9 Å². The number of benzene rings is 1. The summed E-state index contributed by atoms with van der Waals surface area (Å²) in [6.07, 6.45) is 3.12. The van der Waals surface area contributed by atoms with E-state index in [0.29, 0.717) is 13.1 Å². The van der Waals surface area contributed by atoms with E-state index >= 15 is 0 Å². The zero-order valence-corrected chi connectivity index (χ0v) is 11.0. The van der Waals surface area contributed by atoms with Crippen LogP contribution in [0.15, 0.2) is 30.3 Å². The van der Waals surface area contributed by atoms with Gasteiger partial charge in [0.15, 0.2) is 0 Å². The molecule has 0 bridgehead atoms. The molecule has 0 radical (unpaired) electrons. The first-order valence-corrected chi connectivity index (χ1v) is 7.66. The molecule has 4 heteroatoms. The maximum atomic E-state index is 12.4. The zero-order chi connectivity index (χ0) is 12.3. The molecule has 0 spiro atoms.